The first-order valence-electron chi connectivity index (χ1n) is 5.33. The molecule has 2 aromatic rings. The van der Waals surface area contributed by atoms with Crippen molar-refractivity contribution in [3.8, 4) is 11.3 Å². The molecular formula is C12H10Cl2N4O. The lowest BCUT2D eigenvalue weighted by molar-refractivity contribution is -0.114. The first-order valence-corrected chi connectivity index (χ1v) is 6.08. The van der Waals surface area contributed by atoms with Gasteiger partial charge in [-0.15, -0.1) is 0 Å². The van der Waals surface area contributed by atoms with E-state index in [1.807, 2.05) is 0 Å². The normalized spacial score (nSPS) is 10.3. The number of carbonyl (C=O) groups is 1. The number of carbonyl (C=O) groups excluding carboxylic acids is 1. The van der Waals surface area contributed by atoms with Gasteiger partial charge in [-0.3, -0.25) is 4.79 Å². The van der Waals surface area contributed by atoms with Crippen LogP contribution >= 0.6 is 23.2 Å². The van der Waals surface area contributed by atoms with Crippen molar-refractivity contribution in [2.24, 2.45) is 0 Å². The van der Waals surface area contributed by atoms with Gasteiger partial charge in [0.05, 0.1) is 11.2 Å². The molecule has 1 aromatic carbocycles. The topological polar surface area (TPSA) is 80.9 Å². The summed E-state index contributed by atoms with van der Waals surface area (Å²) in [5.41, 5.74) is 6.83. The van der Waals surface area contributed by atoms with Crippen molar-refractivity contribution in [2.75, 3.05) is 11.1 Å². The maximum atomic E-state index is 10.9. The number of nitrogen functional groups attached to an aromatic ring is 1. The van der Waals surface area contributed by atoms with E-state index in [-0.39, 0.29) is 17.5 Å². The highest BCUT2D eigenvalue weighted by molar-refractivity contribution is 6.35. The van der Waals surface area contributed by atoms with Crippen molar-refractivity contribution in [1.82, 2.24) is 9.97 Å². The largest absolute Gasteiger partial charge is 0.382 e. The van der Waals surface area contributed by atoms with Gasteiger partial charge < -0.3 is 11.1 Å². The molecule has 0 saturated heterocycles. The fourth-order valence-electron chi connectivity index (χ4n) is 1.53. The third-order valence-electron chi connectivity index (χ3n) is 2.29. The van der Waals surface area contributed by atoms with Gasteiger partial charge in [0, 0.05) is 17.5 Å². The minimum Gasteiger partial charge on any atom is -0.382 e. The molecule has 0 saturated carbocycles. The molecular weight excluding hydrogens is 287 g/mol. The number of hydrogen-bond donors (Lipinski definition) is 2. The Hall–Kier alpha value is -1.85. The fourth-order valence-corrected chi connectivity index (χ4v) is 1.91. The van der Waals surface area contributed by atoms with E-state index in [9.17, 15) is 4.79 Å². The number of nitrogens with two attached hydrogens (primary N) is 1. The minimum absolute atomic E-state index is 0.162. The monoisotopic (exact) mass is 296 g/mol. The van der Waals surface area contributed by atoms with Crippen LogP contribution in [0, 0.1) is 0 Å². The van der Waals surface area contributed by atoms with Crippen molar-refractivity contribution < 1.29 is 4.79 Å². The molecule has 0 spiro atoms. The lowest BCUT2D eigenvalue weighted by Crippen LogP contribution is -2.09. The van der Waals surface area contributed by atoms with Crippen LogP contribution in [-0.2, 0) is 4.79 Å². The van der Waals surface area contributed by atoms with E-state index in [1.165, 1.54) is 13.1 Å². The quantitative estimate of drug-likeness (QED) is 0.893. The summed E-state index contributed by atoms with van der Waals surface area (Å²) in [6.07, 6.45) is 1.41. The number of amides is 1. The van der Waals surface area contributed by atoms with Crippen molar-refractivity contribution in [3.05, 3.63) is 34.4 Å². The third kappa shape index (κ3) is 3.13. The number of anilines is 2. The summed E-state index contributed by atoms with van der Waals surface area (Å²) < 4.78 is 0. The number of aromatic nitrogens is 2. The molecule has 98 valence electrons. The van der Waals surface area contributed by atoms with Crippen molar-refractivity contribution in [1.29, 1.82) is 0 Å². The smallest absolute Gasteiger partial charge is 0.222 e. The molecule has 19 heavy (non-hydrogen) atoms. The summed E-state index contributed by atoms with van der Waals surface area (Å²) in [7, 11) is 0. The second-order valence-electron chi connectivity index (χ2n) is 3.79. The summed E-state index contributed by atoms with van der Waals surface area (Å²) in [6, 6.07) is 4.98. The van der Waals surface area contributed by atoms with E-state index >= 15 is 0 Å². The molecule has 0 bridgehead atoms. The Morgan fingerprint density at radius 1 is 1.37 bits per heavy atom. The molecule has 0 atom stereocenters. The van der Waals surface area contributed by atoms with Crippen molar-refractivity contribution in [2.45, 2.75) is 6.92 Å². The van der Waals surface area contributed by atoms with E-state index in [1.54, 1.807) is 18.2 Å². The van der Waals surface area contributed by atoms with Gasteiger partial charge >= 0.3 is 0 Å². The minimum atomic E-state index is -0.248. The van der Waals surface area contributed by atoms with Gasteiger partial charge in [0.15, 0.2) is 11.6 Å². The van der Waals surface area contributed by atoms with Gasteiger partial charge in [-0.2, -0.15) is 0 Å². The van der Waals surface area contributed by atoms with E-state index in [4.69, 9.17) is 28.9 Å². The zero-order chi connectivity index (χ0) is 14.0. The molecule has 1 aromatic heterocycles. The van der Waals surface area contributed by atoms with Gasteiger partial charge in [-0.05, 0) is 18.2 Å². The van der Waals surface area contributed by atoms with E-state index in [0.717, 1.165) is 0 Å². The third-order valence-corrected chi connectivity index (χ3v) is 2.85. The maximum absolute atomic E-state index is 10.9. The van der Waals surface area contributed by atoms with Crippen LogP contribution in [0.5, 0.6) is 0 Å². The molecule has 0 fully saturated rings. The Morgan fingerprint density at radius 2 is 2.11 bits per heavy atom. The van der Waals surface area contributed by atoms with Crippen molar-refractivity contribution >= 4 is 40.7 Å². The second-order valence-corrected chi connectivity index (χ2v) is 4.64. The van der Waals surface area contributed by atoms with Gasteiger partial charge in [0.2, 0.25) is 5.91 Å². The Morgan fingerprint density at radius 3 is 2.74 bits per heavy atom. The molecule has 5 nitrogen and oxygen atoms in total. The van der Waals surface area contributed by atoms with Gasteiger partial charge in [-0.25, -0.2) is 9.97 Å². The molecule has 2 rings (SSSR count). The number of nitrogens with one attached hydrogen (secondary N) is 1. The molecule has 7 heteroatoms. The number of hydrogen-bond acceptors (Lipinski definition) is 4. The number of nitrogens with zero attached hydrogens (tertiary/aromatic N) is 2. The molecule has 0 aliphatic carbocycles. The summed E-state index contributed by atoms with van der Waals surface area (Å²) in [6.45, 7) is 1.37. The molecule has 0 unspecified atom stereocenters. The highest BCUT2D eigenvalue weighted by Crippen LogP contribution is 2.32. The summed E-state index contributed by atoms with van der Waals surface area (Å²) in [4.78, 5) is 19.1. The van der Waals surface area contributed by atoms with Crippen LogP contribution in [-0.4, -0.2) is 15.9 Å². The Kier molecular flexibility index (Phi) is 3.87. The average Bonchev–Trinajstić information content (AvgIpc) is 2.32. The van der Waals surface area contributed by atoms with Crippen LogP contribution in [0.25, 0.3) is 11.3 Å². The molecule has 1 amide bonds. The van der Waals surface area contributed by atoms with Crippen LogP contribution in [0.3, 0.4) is 0 Å². The van der Waals surface area contributed by atoms with E-state index < -0.39 is 0 Å². The van der Waals surface area contributed by atoms with Crippen LogP contribution in [0.1, 0.15) is 6.92 Å². The Labute approximate surface area is 119 Å². The lowest BCUT2D eigenvalue weighted by Gasteiger charge is -2.08. The summed E-state index contributed by atoms with van der Waals surface area (Å²) in [5, 5.41) is 3.49. The highest BCUT2D eigenvalue weighted by Gasteiger charge is 2.11. The first kappa shape index (κ1) is 13.6. The van der Waals surface area contributed by atoms with E-state index in [2.05, 4.69) is 15.3 Å². The first-order chi connectivity index (χ1) is 8.97. The predicted molar refractivity (Wildman–Crippen MR) is 76.2 cm³/mol. The van der Waals surface area contributed by atoms with Crippen molar-refractivity contribution in [3.63, 3.8) is 0 Å². The van der Waals surface area contributed by atoms with Gasteiger partial charge in [0.1, 0.15) is 5.69 Å². The molecule has 1 heterocycles. The van der Waals surface area contributed by atoms with Crippen LogP contribution in [0.2, 0.25) is 10.0 Å². The molecule has 0 radical (unpaired) electrons. The SMILES string of the molecule is CC(=O)Nc1cnc(-c2cc(Cl)ccc2Cl)c(N)n1. The maximum Gasteiger partial charge on any atom is 0.222 e. The summed E-state index contributed by atoms with van der Waals surface area (Å²) >= 11 is 12.0. The second kappa shape index (κ2) is 5.42. The van der Waals surface area contributed by atoms with Gasteiger partial charge in [-0.1, -0.05) is 23.2 Å². The molecule has 0 aliphatic rings. The van der Waals surface area contributed by atoms with Gasteiger partial charge in [0.25, 0.3) is 0 Å². The summed E-state index contributed by atoms with van der Waals surface area (Å²) in [5.74, 6) is 0.199. The zero-order valence-corrected chi connectivity index (χ0v) is 11.5. The number of halogens is 2. The molecule has 0 aliphatic heterocycles. The number of benzene rings is 1. The predicted octanol–water partition coefficient (Wildman–Crippen LogP) is 2.99. The average molecular weight is 297 g/mol. The zero-order valence-electron chi connectivity index (χ0n) is 9.95. The highest BCUT2D eigenvalue weighted by atomic mass is 35.5. The Balaban J connectivity index is 2.46. The molecule has 3 N–H and O–H groups in total. The fraction of sp³-hybridized carbons (Fsp3) is 0.0833. The number of rotatable bonds is 2. The lowest BCUT2D eigenvalue weighted by atomic mass is 10.1. The van der Waals surface area contributed by atoms with Crippen LogP contribution in [0.15, 0.2) is 24.4 Å². The van der Waals surface area contributed by atoms with Crippen LogP contribution < -0.4 is 11.1 Å². The standard InChI is InChI=1S/C12H10Cl2N4O/c1-6(19)17-10-5-16-11(12(15)18-10)8-4-7(13)2-3-9(8)14/h2-5H,1H3,(H3,15,17,18,19). The Bertz CT molecular complexity index is 646. The van der Waals surface area contributed by atoms with Crippen LogP contribution in [0.4, 0.5) is 11.6 Å². The van der Waals surface area contributed by atoms with E-state index in [0.29, 0.717) is 21.3 Å².